The van der Waals surface area contributed by atoms with Gasteiger partial charge >= 0.3 is 0 Å². The Labute approximate surface area is 149 Å². The van der Waals surface area contributed by atoms with Gasteiger partial charge in [0.1, 0.15) is 0 Å². The Morgan fingerprint density at radius 3 is 2.14 bits per heavy atom. The van der Waals surface area contributed by atoms with Crippen LogP contribution in [-0.4, -0.2) is 0 Å². The van der Waals surface area contributed by atoms with Crippen molar-refractivity contribution in [3.63, 3.8) is 0 Å². The van der Waals surface area contributed by atoms with Crippen LogP contribution in [0, 0.1) is 12.1 Å². The quantitative estimate of drug-likeness (QED) is 0.327. The molecule has 0 bridgehead atoms. The van der Waals surface area contributed by atoms with Crippen molar-refractivity contribution in [3.05, 3.63) is 84.9 Å². The second kappa shape index (κ2) is 6.09. The van der Waals surface area contributed by atoms with E-state index in [1.807, 2.05) is 24.3 Å². The molecular weight excluding hydrogens is 329 g/mol. The molecule has 0 fully saturated rings. The molecule has 0 amide bonds. The van der Waals surface area contributed by atoms with Crippen molar-refractivity contribution in [1.29, 1.82) is 0 Å². The third kappa shape index (κ3) is 2.66. The topological polar surface area (TPSA) is 0 Å². The van der Waals surface area contributed by atoms with Crippen LogP contribution < -0.4 is 0 Å². The molecule has 0 heterocycles. The maximum absolute atomic E-state index is 3.36. The SMILES string of the molecule is [Y].[c-]1ccccc1-c1[c-]ccc2cc3ccccc3cc12. The minimum absolute atomic E-state index is 0. The summed E-state index contributed by atoms with van der Waals surface area (Å²) in [5.74, 6) is 0. The van der Waals surface area contributed by atoms with E-state index in [4.69, 9.17) is 0 Å². The molecule has 0 aliphatic heterocycles. The summed E-state index contributed by atoms with van der Waals surface area (Å²) in [5.41, 5.74) is 2.21. The van der Waals surface area contributed by atoms with Crippen LogP contribution in [0.4, 0.5) is 0 Å². The van der Waals surface area contributed by atoms with Crippen molar-refractivity contribution >= 4 is 21.5 Å². The Hall–Kier alpha value is -1.50. The molecule has 4 rings (SSSR count). The summed E-state index contributed by atoms with van der Waals surface area (Å²) in [6.07, 6.45) is 0. The molecule has 21 heavy (non-hydrogen) atoms. The van der Waals surface area contributed by atoms with Gasteiger partial charge < -0.3 is 0 Å². The summed E-state index contributed by atoms with van der Waals surface area (Å²) in [6.45, 7) is 0. The van der Waals surface area contributed by atoms with Crippen molar-refractivity contribution in [1.82, 2.24) is 0 Å². The van der Waals surface area contributed by atoms with Crippen molar-refractivity contribution in [2.24, 2.45) is 0 Å². The first kappa shape index (κ1) is 14.4. The van der Waals surface area contributed by atoms with E-state index < -0.39 is 0 Å². The minimum Gasteiger partial charge on any atom is -0.226 e. The molecule has 0 aliphatic rings. The molecule has 0 aliphatic carbocycles. The number of hydrogen-bond donors (Lipinski definition) is 0. The van der Waals surface area contributed by atoms with E-state index in [-0.39, 0.29) is 32.7 Å². The fourth-order valence-electron chi connectivity index (χ4n) is 2.68. The van der Waals surface area contributed by atoms with E-state index in [9.17, 15) is 0 Å². The third-order valence-corrected chi connectivity index (χ3v) is 3.66. The van der Waals surface area contributed by atoms with Gasteiger partial charge in [-0.2, -0.15) is 36.4 Å². The van der Waals surface area contributed by atoms with Crippen LogP contribution in [0.15, 0.2) is 72.8 Å². The maximum atomic E-state index is 3.36. The van der Waals surface area contributed by atoms with Crippen LogP contribution in [0.2, 0.25) is 0 Å². The molecular formula is C20H12Y-2. The largest absolute Gasteiger partial charge is 0.226 e. The fourth-order valence-corrected chi connectivity index (χ4v) is 2.68. The van der Waals surface area contributed by atoms with Crippen LogP contribution in [0.3, 0.4) is 0 Å². The molecule has 4 aromatic carbocycles. The zero-order valence-electron chi connectivity index (χ0n) is 11.5. The Balaban J connectivity index is 0.00000132. The molecule has 0 N–H and O–H groups in total. The summed E-state index contributed by atoms with van der Waals surface area (Å²) in [5, 5.41) is 5.01. The van der Waals surface area contributed by atoms with E-state index in [1.165, 1.54) is 21.5 Å². The first-order chi connectivity index (χ1) is 9.92. The number of hydrogen-bond acceptors (Lipinski definition) is 0. The van der Waals surface area contributed by atoms with Gasteiger partial charge in [0.25, 0.3) is 0 Å². The van der Waals surface area contributed by atoms with Crippen molar-refractivity contribution < 1.29 is 32.7 Å². The van der Waals surface area contributed by atoms with Gasteiger partial charge in [-0.15, -0.1) is 22.9 Å². The molecule has 97 valence electrons. The van der Waals surface area contributed by atoms with Gasteiger partial charge in [-0.25, -0.2) is 11.1 Å². The molecule has 0 nitrogen and oxygen atoms in total. The minimum atomic E-state index is 0. The van der Waals surface area contributed by atoms with Crippen molar-refractivity contribution in [2.45, 2.75) is 0 Å². The number of fused-ring (bicyclic) bond motifs is 2. The van der Waals surface area contributed by atoms with Gasteiger partial charge in [0.2, 0.25) is 0 Å². The second-order valence-electron chi connectivity index (χ2n) is 4.92. The Morgan fingerprint density at radius 2 is 1.38 bits per heavy atom. The van der Waals surface area contributed by atoms with Crippen LogP contribution in [0.25, 0.3) is 32.7 Å². The van der Waals surface area contributed by atoms with Crippen LogP contribution in [0.1, 0.15) is 0 Å². The van der Waals surface area contributed by atoms with Gasteiger partial charge in [-0.05, 0) is 10.8 Å². The van der Waals surface area contributed by atoms with Gasteiger partial charge in [0.15, 0.2) is 0 Å². The Bertz CT molecular complexity index is 895. The Kier molecular flexibility index (Phi) is 4.19. The van der Waals surface area contributed by atoms with Crippen LogP contribution in [-0.2, 0) is 32.7 Å². The third-order valence-electron chi connectivity index (χ3n) is 3.66. The van der Waals surface area contributed by atoms with Crippen LogP contribution in [0.5, 0.6) is 0 Å². The molecule has 1 radical (unpaired) electrons. The van der Waals surface area contributed by atoms with Crippen LogP contribution >= 0.6 is 0 Å². The van der Waals surface area contributed by atoms with Gasteiger partial charge in [-0.1, -0.05) is 36.4 Å². The predicted octanol–water partition coefficient (Wildman–Crippen LogP) is 5.26. The summed E-state index contributed by atoms with van der Waals surface area (Å²) in [7, 11) is 0. The molecule has 0 spiro atoms. The van der Waals surface area contributed by atoms with E-state index in [2.05, 4.69) is 60.7 Å². The molecule has 4 aromatic rings. The summed E-state index contributed by atoms with van der Waals surface area (Å²) < 4.78 is 0. The smallest absolute Gasteiger partial charge is 0 e. The molecule has 0 aromatic heterocycles. The van der Waals surface area contributed by atoms with E-state index in [0.29, 0.717) is 0 Å². The Morgan fingerprint density at radius 1 is 0.619 bits per heavy atom. The molecule has 0 atom stereocenters. The maximum Gasteiger partial charge on any atom is 0 e. The van der Waals surface area contributed by atoms with Crippen molar-refractivity contribution in [3.8, 4) is 11.1 Å². The summed E-state index contributed by atoms with van der Waals surface area (Å²) in [4.78, 5) is 0. The van der Waals surface area contributed by atoms with E-state index in [1.54, 1.807) is 0 Å². The van der Waals surface area contributed by atoms with Gasteiger partial charge in [-0.3, -0.25) is 0 Å². The van der Waals surface area contributed by atoms with E-state index in [0.717, 1.165) is 11.1 Å². The summed E-state index contributed by atoms with van der Waals surface area (Å²) in [6, 6.07) is 31.8. The zero-order valence-corrected chi connectivity index (χ0v) is 14.3. The predicted molar refractivity (Wildman–Crippen MR) is 84.6 cm³/mol. The van der Waals surface area contributed by atoms with E-state index >= 15 is 0 Å². The molecule has 0 saturated heterocycles. The molecule has 0 saturated carbocycles. The molecule has 1 heteroatoms. The summed E-state index contributed by atoms with van der Waals surface area (Å²) >= 11 is 0. The number of rotatable bonds is 1. The second-order valence-corrected chi connectivity index (χ2v) is 4.92. The normalized spacial score (nSPS) is 10.5. The standard InChI is InChI=1S/C20H12.Y/c1-2-7-15(8-3-1)19-12-6-11-18-13-16-9-4-5-10-17(16)14-20(18)19;/h1-7,9-11,13-14H;/q-2;. The first-order valence-electron chi connectivity index (χ1n) is 6.72. The zero-order chi connectivity index (χ0) is 13.4. The monoisotopic (exact) mass is 341 g/mol. The average Bonchev–Trinajstić information content (AvgIpc) is 2.53. The van der Waals surface area contributed by atoms with Gasteiger partial charge in [0.05, 0.1) is 0 Å². The first-order valence-corrected chi connectivity index (χ1v) is 6.72. The van der Waals surface area contributed by atoms with Crippen molar-refractivity contribution in [2.75, 3.05) is 0 Å². The fraction of sp³-hybridized carbons (Fsp3) is 0. The van der Waals surface area contributed by atoms with Gasteiger partial charge in [0, 0.05) is 32.7 Å². The molecule has 0 unspecified atom stereocenters. The number of benzene rings is 4. The average molecular weight is 341 g/mol.